The smallest absolute Gasteiger partial charge is 0.119 e. The van der Waals surface area contributed by atoms with Gasteiger partial charge in [-0.05, 0) is 31.2 Å². The molecule has 2 aromatic rings. The Labute approximate surface area is 112 Å². The minimum atomic E-state index is 0.403. The molecule has 0 radical (unpaired) electrons. The van der Waals surface area contributed by atoms with Crippen LogP contribution in [0.15, 0.2) is 30.5 Å². The van der Waals surface area contributed by atoms with Crippen LogP contribution in [0.25, 0.3) is 0 Å². The third kappa shape index (κ3) is 3.96. The van der Waals surface area contributed by atoms with Gasteiger partial charge in [-0.2, -0.15) is 0 Å². The van der Waals surface area contributed by atoms with Gasteiger partial charge in [0.05, 0.1) is 18.8 Å². The van der Waals surface area contributed by atoms with Crippen LogP contribution in [0.5, 0.6) is 11.5 Å². The standard InChI is InChI=1S/C13H18N4O2/c1-2-18-12-3-5-13(6-4-12)19-8-7-17-10-11(9-14)15-16-17/h3-6,10H,2,7-9,14H2,1H3. The lowest BCUT2D eigenvalue weighted by Crippen LogP contribution is -2.08. The van der Waals surface area contributed by atoms with Gasteiger partial charge in [-0.25, -0.2) is 4.68 Å². The number of aromatic nitrogens is 3. The number of benzene rings is 1. The molecular weight excluding hydrogens is 244 g/mol. The van der Waals surface area contributed by atoms with Crippen molar-refractivity contribution in [1.82, 2.24) is 15.0 Å². The second-order valence-electron chi connectivity index (χ2n) is 3.93. The summed E-state index contributed by atoms with van der Waals surface area (Å²) in [7, 11) is 0. The Morgan fingerprint density at radius 3 is 2.42 bits per heavy atom. The molecule has 1 heterocycles. The maximum atomic E-state index is 5.61. The van der Waals surface area contributed by atoms with E-state index in [0.29, 0.717) is 26.3 Å². The molecule has 0 aliphatic rings. The van der Waals surface area contributed by atoms with Crippen LogP contribution < -0.4 is 15.2 Å². The first kappa shape index (κ1) is 13.4. The van der Waals surface area contributed by atoms with Crippen molar-refractivity contribution in [1.29, 1.82) is 0 Å². The highest BCUT2D eigenvalue weighted by atomic mass is 16.5. The van der Waals surface area contributed by atoms with E-state index in [1.165, 1.54) is 0 Å². The van der Waals surface area contributed by atoms with Crippen LogP contribution in [-0.4, -0.2) is 28.2 Å². The molecule has 1 aromatic heterocycles. The van der Waals surface area contributed by atoms with Crippen molar-refractivity contribution in [2.75, 3.05) is 13.2 Å². The third-order valence-electron chi connectivity index (χ3n) is 2.52. The molecule has 0 aliphatic heterocycles. The molecule has 102 valence electrons. The zero-order valence-corrected chi connectivity index (χ0v) is 11.0. The van der Waals surface area contributed by atoms with E-state index >= 15 is 0 Å². The monoisotopic (exact) mass is 262 g/mol. The van der Waals surface area contributed by atoms with Gasteiger partial charge in [0.1, 0.15) is 18.1 Å². The van der Waals surface area contributed by atoms with E-state index in [1.807, 2.05) is 37.4 Å². The van der Waals surface area contributed by atoms with E-state index in [0.717, 1.165) is 17.2 Å². The number of ether oxygens (including phenoxy) is 2. The Bertz CT molecular complexity index is 496. The van der Waals surface area contributed by atoms with Gasteiger partial charge in [0.15, 0.2) is 0 Å². The molecule has 0 bridgehead atoms. The van der Waals surface area contributed by atoms with E-state index in [1.54, 1.807) is 4.68 Å². The van der Waals surface area contributed by atoms with Crippen LogP contribution in [0.2, 0.25) is 0 Å². The SMILES string of the molecule is CCOc1ccc(OCCn2cc(CN)nn2)cc1. The largest absolute Gasteiger partial charge is 0.494 e. The van der Waals surface area contributed by atoms with Gasteiger partial charge in [-0.15, -0.1) is 5.10 Å². The zero-order chi connectivity index (χ0) is 13.5. The normalized spacial score (nSPS) is 10.4. The van der Waals surface area contributed by atoms with Crippen molar-refractivity contribution < 1.29 is 9.47 Å². The molecule has 0 fully saturated rings. The summed E-state index contributed by atoms with van der Waals surface area (Å²) >= 11 is 0. The molecule has 0 spiro atoms. The lowest BCUT2D eigenvalue weighted by Gasteiger charge is -2.07. The summed E-state index contributed by atoms with van der Waals surface area (Å²) in [5, 5.41) is 7.85. The summed E-state index contributed by atoms with van der Waals surface area (Å²) in [5.41, 5.74) is 6.24. The fourth-order valence-electron chi connectivity index (χ4n) is 1.60. The van der Waals surface area contributed by atoms with E-state index in [-0.39, 0.29) is 0 Å². The average molecular weight is 262 g/mol. The Hall–Kier alpha value is -2.08. The van der Waals surface area contributed by atoms with E-state index in [4.69, 9.17) is 15.2 Å². The fourth-order valence-corrected chi connectivity index (χ4v) is 1.60. The number of nitrogens with two attached hydrogens (primary N) is 1. The highest BCUT2D eigenvalue weighted by Crippen LogP contribution is 2.17. The van der Waals surface area contributed by atoms with Crippen LogP contribution >= 0.6 is 0 Å². The lowest BCUT2D eigenvalue weighted by molar-refractivity contribution is 0.288. The van der Waals surface area contributed by atoms with Crippen LogP contribution in [-0.2, 0) is 13.1 Å². The summed E-state index contributed by atoms with van der Waals surface area (Å²) in [6, 6.07) is 7.55. The summed E-state index contributed by atoms with van der Waals surface area (Å²) in [4.78, 5) is 0. The summed E-state index contributed by atoms with van der Waals surface area (Å²) in [6.45, 7) is 4.19. The summed E-state index contributed by atoms with van der Waals surface area (Å²) < 4.78 is 12.7. The number of hydrogen-bond donors (Lipinski definition) is 1. The van der Waals surface area contributed by atoms with Crippen molar-refractivity contribution in [3.8, 4) is 11.5 Å². The van der Waals surface area contributed by atoms with Crippen molar-refractivity contribution in [2.45, 2.75) is 20.0 Å². The molecule has 6 nitrogen and oxygen atoms in total. The Balaban J connectivity index is 1.78. The van der Waals surface area contributed by atoms with Gasteiger partial charge in [0, 0.05) is 12.7 Å². The quantitative estimate of drug-likeness (QED) is 0.812. The van der Waals surface area contributed by atoms with Crippen molar-refractivity contribution in [3.63, 3.8) is 0 Å². The average Bonchev–Trinajstić information content (AvgIpc) is 2.89. The van der Waals surface area contributed by atoms with E-state index in [2.05, 4.69) is 10.3 Å². The predicted octanol–water partition coefficient (Wildman–Crippen LogP) is 1.21. The van der Waals surface area contributed by atoms with Gasteiger partial charge >= 0.3 is 0 Å². The summed E-state index contributed by atoms with van der Waals surface area (Å²) in [6.07, 6.45) is 1.82. The van der Waals surface area contributed by atoms with Crippen molar-refractivity contribution in [3.05, 3.63) is 36.2 Å². The highest BCUT2D eigenvalue weighted by Gasteiger charge is 1.99. The van der Waals surface area contributed by atoms with Crippen molar-refractivity contribution in [2.24, 2.45) is 5.73 Å². The first-order chi connectivity index (χ1) is 9.31. The fraction of sp³-hybridized carbons (Fsp3) is 0.385. The van der Waals surface area contributed by atoms with Gasteiger partial charge in [-0.1, -0.05) is 5.21 Å². The maximum Gasteiger partial charge on any atom is 0.119 e. The molecule has 1 aromatic carbocycles. The van der Waals surface area contributed by atoms with Gasteiger partial charge < -0.3 is 15.2 Å². The minimum absolute atomic E-state index is 0.403. The van der Waals surface area contributed by atoms with Gasteiger partial charge in [0.2, 0.25) is 0 Å². The summed E-state index contributed by atoms with van der Waals surface area (Å²) in [5.74, 6) is 1.65. The Morgan fingerprint density at radius 2 is 1.84 bits per heavy atom. The lowest BCUT2D eigenvalue weighted by atomic mass is 10.3. The second-order valence-corrected chi connectivity index (χ2v) is 3.93. The van der Waals surface area contributed by atoms with E-state index in [9.17, 15) is 0 Å². The van der Waals surface area contributed by atoms with Gasteiger partial charge in [0.25, 0.3) is 0 Å². The Morgan fingerprint density at radius 1 is 1.16 bits per heavy atom. The number of nitrogens with zero attached hydrogens (tertiary/aromatic N) is 3. The minimum Gasteiger partial charge on any atom is -0.494 e. The predicted molar refractivity (Wildman–Crippen MR) is 71.0 cm³/mol. The topological polar surface area (TPSA) is 75.2 Å². The molecule has 2 rings (SSSR count). The number of hydrogen-bond acceptors (Lipinski definition) is 5. The second kappa shape index (κ2) is 6.75. The highest BCUT2D eigenvalue weighted by molar-refractivity contribution is 5.31. The molecule has 0 saturated heterocycles. The zero-order valence-electron chi connectivity index (χ0n) is 11.0. The molecule has 0 atom stereocenters. The number of rotatable bonds is 7. The molecule has 19 heavy (non-hydrogen) atoms. The molecule has 2 N–H and O–H groups in total. The van der Waals surface area contributed by atoms with Crippen LogP contribution in [0.3, 0.4) is 0 Å². The molecule has 0 aliphatic carbocycles. The first-order valence-electron chi connectivity index (χ1n) is 6.26. The maximum absolute atomic E-state index is 5.61. The third-order valence-corrected chi connectivity index (χ3v) is 2.52. The molecular formula is C13H18N4O2. The first-order valence-corrected chi connectivity index (χ1v) is 6.26. The van der Waals surface area contributed by atoms with Crippen molar-refractivity contribution >= 4 is 0 Å². The van der Waals surface area contributed by atoms with Crippen LogP contribution in [0.4, 0.5) is 0 Å². The molecule has 0 saturated carbocycles. The van der Waals surface area contributed by atoms with E-state index < -0.39 is 0 Å². The molecule has 0 amide bonds. The van der Waals surface area contributed by atoms with Crippen LogP contribution in [0, 0.1) is 0 Å². The Kier molecular flexibility index (Phi) is 4.74. The molecule has 6 heteroatoms. The van der Waals surface area contributed by atoms with Gasteiger partial charge in [-0.3, -0.25) is 0 Å². The van der Waals surface area contributed by atoms with Crippen LogP contribution in [0.1, 0.15) is 12.6 Å². The molecule has 0 unspecified atom stereocenters.